The Morgan fingerprint density at radius 2 is 1.97 bits per heavy atom. The van der Waals surface area contributed by atoms with Crippen molar-refractivity contribution in [2.75, 3.05) is 31.1 Å². The van der Waals surface area contributed by atoms with Gasteiger partial charge in [0.2, 0.25) is 0 Å². The van der Waals surface area contributed by atoms with E-state index < -0.39 is 0 Å². The van der Waals surface area contributed by atoms with Gasteiger partial charge in [-0.1, -0.05) is 17.7 Å². The molecule has 1 aliphatic heterocycles. The number of nitrogens with zero attached hydrogens (tertiary/aromatic N) is 5. The maximum Gasteiger partial charge on any atom is 0.0924 e. The summed E-state index contributed by atoms with van der Waals surface area (Å²) in [6.45, 7) is 4.16. The van der Waals surface area contributed by atoms with Crippen LogP contribution in [0.1, 0.15) is 24.0 Å². The van der Waals surface area contributed by atoms with Crippen LogP contribution in [0, 0.1) is 11.3 Å². The third-order valence-corrected chi connectivity index (χ3v) is 6.59. The SMILES string of the molecule is N#CCc1cc(Cl)cc(CNCCCCOC2CN(c3cc(-c4ccnnc4)cc4[nH]ncc34)C2)c1. The number of benzene rings is 2. The minimum atomic E-state index is 0.246. The molecule has 0 aliphatic carbocycles. The van der Waals surface area contributed by atoms with Gasteiger partial charge in [-0.05, 0) is 66.4 Å². The molecule has 0 saturated carbocycles. The summed E-state index contributed by atoms with van der Waals surface area (Å²) in [4.78, 5) is 2.34. The normalized spacial score (nSPS) is 13.6. The van der Waals surface area contributed by atoms with Crippen LogP contribution in [-0.2, 0) is 17.7 Å². The second-order valence-electron chi connectivity index (χ2n) is 9.04. The predicted octanol–water partition coefficient (Wildman–Crippen LogP) is 4.51. The molecule has 0 amide bonds. The van der Waals surface area contributed by atoms with Crippen molar-refractivity contribution in [1.82, 2.24) is 25.7 Å². The van der Waals surface area contributed by atoms with Crippen molar-refractivity contribution in [3.05, 3.63) is 71.1 Å². The van der Waals surface area contributed by atoms with Crippen LogP contribution >= 0.6 is 11.6 Å². The Balaban J connectivity index is 1.04. The number of aromatic nitrogens is 4. The van der Waals surface area contributed by atoms with Crippen LogP contribution in [0.15, 0.2) is 55.0 Å². The minimum Gasteiger partial charge on any atom is -0.375 e. The molecule has 0 unspecified atom stereocenters. The summed E-state index contributed by atoms with van der Waals surface area (Å²) in [5.74, 6) is 0. The molecule has 36 heavy (non-hydrogen) atoms. The Labute approximate surface area is 215 Å². The summed E-state index contributed by atoms with van der Waals surface area (Å²) in [6.07, 6.45) is 8.04. The number of fused-ring (bicyclic) bond motifs is 1. The molecule has 2 aromatic heterocycles. The van der Waals surface area contributed by atoms with Crippen molar-refractivity contribution in [2.45, 2.75) is 31.9 Å². The number of hydrogen-bond donors (Lipinski definition) is 2. The molecule has 1 saturated heterocycles. The quantitative estimate of drug-likeness (QED) is 0.291. The first-order valence-corrected chi connectivity index (χ1v) is 12.5. The van der Waals surface area contributed by atoms with Gasteiger partial charge in [0.1, 0.15) is 0 Å². The summed E-state index contributed by atoms with van der Waals surface area (Å²) >= 11 is 6.16. The molecule has 9 heteroatoms. The number of rotatable bonds is 11. The monoisotopic (exact) mass is 501 g/mol. The second kappa shape index (κ2) is 11.5. The van der Waals surface area contributed by atoms with Gasteiger partial charge in [-0.2, -0.15) is 20.6 Å². The Bertz CT molecular complexity index is 1350. The van der Waals surface area contributed by atoms with E-state index in [2.05, 4.69) is 48.8 Å². The fourth-order valence-corrected chi connectivity index (χ4v) is 4.79. The van der Waals surface area contributed by atoms with E-state index in [0.29, 0.717) is 11.4 Å². The van der Waals surface area contributed by atoms with Crippen molar-refractivity contribution < 1.29 is 4.74 Å². The molecule has 0 bridgehead atoms. The second-order valence-corrected chi connectivity index (χ2v) is 9.48. The average molecular weight is 502 g/mol. The number of hydrogen-bond acceptors (Lipinski definition) is 7. The van der Waals surface area contributed by atoms with Crippen LogP contribution < -0.4 is 10.2 Å². The largest absolute Gasteiger partial charge is 0.375 e. The van der Waals surface area contributed by atoms with E-state index in [1.165, 1.54) is 0 Å². The van der Waals surface area contributed by atoms with Gasteiger partial charge in [0.05, 0.1) is 42.7 Å². The Kier molecular flexibility index (Phi) is 7.72. The zero-order valence-electron chi connectivity index (χ0n) is 20.0. The molecule has 3 heterocycles. The Morgan fingerprint density at radius 1 is 1.08 bits per heavy atom. The van der Waals surface area contributed by atoms with E-state index in [9.17, 15) is 0 Å². The Morgan fingerprint density at radius 3 is 2.81 bits per heavy atom. The summed E-state index contributed by atoms with van der Waals surface area (Å²) in [7, 11) is 0. The third-order valence-electron chi connectivity index (χ3n) is 6.37. The molecule has 1 aliphatic rings. The number of halogens is 1. The summed E-state index contributed by atoms with van der Waals surface area (Å²) < 4.78 is 6.10. The molecule has 8 nitrogen and oxygen atoms in total. The van der Waals surface area contributed by atoms with Gasteiger partial charge in [0.25, 0.3) is 0 Å². The maximum absolute atomic E-state index is 8.89. The topological polar surface area (TPSA) is 103 Å². The number of anilines is 1. The zero-order chi connectivity index (χ0) is 24.7. The van der Waals surface area contributed by atoms with Crippen molar-refractivity contribution >= 4 is 28.2 Å². The molecule has 0 spiro atoms. The van der Waals surface area contributed by atoms with E-state index in [0.717, 1.165) is 84.5 Å². The molecule has 2 N–H and O–H groups in total. The molecule has 2 aromatic carbocycles. The third kappa shape index (κ3) is 5.82. The number of aromatic amines is 1. The highest BCUT2D eigenvalue weighted by molar-refractivity contribution is 6.30. The average Bonchev–Trinajstić information content (AvgIpc) is 3.33. The van der Waals surface area contributed by atoms with Crippen LogP contribution in [0.4, 0.5) is 5.69 Å². The van der Waals surface area contributed by atoms with E-state index in [-0.39, 0.29) is 6.10 Å². The number of H-pyrrole nitrogens is 1. The van der Waals surface area contributed by atoms with Gasteiger partial charge in [-0.3, -0.25) is 5.10 Å². The highest BCUT2D eigenvalue weighted by Crippen LogP contribution is 2.34. The first-order chi connectivity index (χ1) is 17.7. The number of unbranched alkanes of at least 4 members (excludes halogenated alkanes) is 1. The highest BCUT2D eigenvalue weighted by Gasteiger charge is 2.29. The lowest BCUT2D eigenvalue weighted by molar-refractivity contribution is 0.0324. The lowest BCUT2D eigenvalue weighted by atomic mass is 10.0. The standard InChI is InChI=1S/C27H28ClN7O/c28-23-10-19(3-5-29)9-20(11-23)14-30-6-1-2-8-36-24-17-35(18-24)27-13-22(21-4-7-31-32-15-21)12-26-25(27)16-33-34-26/h4,7,9-13,15-16,24,30H,1-3,6,8,14,17-18H2,(H,33,34). The van der Waals surface area contributed by atoms with Crippen molar-refractivity contribution in [1.29, 1.82) is 5.26 Å². The number of nitriles is 1. The maximum atomic E-state index is 8.89. The molecular formula is C27H28ClN7O. The van der Waals surface area contributed by atoms with E-state index in [4.69, 9.17) is 21.6 Å². The van der Waals surface area contributed by atoms with E-state index in [1.54, 1.807) is 12.4 Å². The van der Waals surface area contributed by atoms with Crippen LogP contribution in [0.25, 0.3) is 22.0 Å². The first-order valence-electron chi connectivity index (χ1n) is 12.2. The van der Waals surface area contributed by atoms with E-state index >= 15 is 0 Å². The van der Waals surface area contributed by atoms with Crippen molar-refractivity contribution in [3.8, 4) is 17.2 Å². The molecule has 184 valence electrons. The Hall–Kier alpha value is -3.51. The molecule has 1 fully saturated rings. The molecule has 4 aromatic rings. The van der Waals surface area contributed by atoms with Gasteiger partial charge in [0, 0.05) is 47.9 Å². The van der Waals surface area contributed by atoms with Crippen LogP contribution in [0.5, 0.6) is 0 Å². The molecule has 0 radical (unpaired) electrons. The van der Waals surface area contributed by atoms with Crippen molar-refractivity contribution in [3.63, 3.8) is 0 Å². The minimum absolute atomic E-state index is 0.246. The lowest BCUT2D eigenvalue weighted by Crippen LogP contribution is -2.52. The molecule has 5 rings (SSSR count). The summed E-state index contributed by atoms with van der Waals surface area (Å²) in [6, 6.07) is 14.3. The predicted molar refractivity (Wildman–Crippen MR) is 141 cm³/mol. The smallest absolute Gasteiger partial charge is 0.0924 e. The van der Waals surface area contributed by atoms with E-state index in [1.807, 2.05) is 30.5 Å². The lowest BCUT2D eigenvalue weighted by Gasteiger charge is -2.41. The molecule has 0 atom stereocenters. The summed E-state index contributed by atoms with van der Waals surface area (Å²) in [5.41, 5.74) is 6.36. The zero-order valence-corrected chi connectivity index (χ0v) is 20.7. The first kappa shape index (κ1) is 24.2. The number of ether oxygens (including phenoxy) is 1. The molecular weight excluding hydrogens is 474 g/mol. The van der Waals surface area contributed by atoms with Crippen LogP contribution in [0.2, 0.25) is 5.02 Å². The van der Waals surface area contributed by atoms with Crippen molar-refractivity contribution in [2.24, 2.45) is 0 Å². The van der Waals surface area contributed by atoms with Crippen LogP contribution in [-0.4, -0.2) is 52.7 Å². The van der Waals surface area contributed by atoms with Gasteiger partial charge >= 0.3 is 0 Å². The fraction of sp³-hybridized carbons (Fsp3) is 0.333. The van der Waals surface area contributed by atoms with Gasteiger partial charge in [-0.15, -0.1) is 0 Å². The summed E-state index contributed by atoms with van der Waals surface area (Å²) in [5, 5.41) is 29.4. The number of nitrogens with one attached hydrogen (secondary N) is 2. The van der Waals surface area contributed by atoms with Gasteiger partial charge in [-0.25, -0.2) is 0 Å². The highest BCUT2D eigenvalue weighted by atomic mass is 35.5. The van der Waals surface area contributed by atoms with Gasteiger partial charge in [0.15, 0.2) is 0 Å². The van der Waals surface area contributed by atoms with Crippen LogP contribution in [0.3, 0.4) is 0 Å². The van der Waals surface area contributed by atoms with Gasteiger partial charge < -0.3 is 15.0 Å². The fourth-order valence-electron chi connectivity index (χ4n) is 4.51.